The molecule has 2 rings (SSSR count). The molecule has 1 aromatic rings. The van der Waals surface area contributed by atoms with Crippen molar-refractivity contribution in [2.24, 2.45) is 5.92 Å². The number of hydrogen-bond donors (Lipinski definition) is 0. The van der Waals surface area contributed by atoms with Crippen LogP contribution in [0.15, 0.2) is 24.8 Å². The first-order valence-corrected chi connectivity index (χ1v) is 5.24. The van der Waals surface area contributed by atoms with Crippen LogP contribution >= 0.6 is 0 Å². The molecule has 84 valence electrons. The number of rotatable bonds is 5. The zero-order valence-corrected chi connectivity index (χ0v) is 8.89. The van der Waals surface area contributed by atoms with Gasteiger partial charge in [-0.25, -0.2) is 0 Å². The van der Waals surface area contributed by atoms with Crippen LogP contribution in [-0.2, 0) is 0 Å². The van der Waals surface area contributed by atoms with Gasteiger partial charge >= 0.3 is 5.69 Å². The van der Waals surface area contributed by atoms with Crippen LogP contribution in [0.25, 0.3) is 6.08 Å². The van der Waals surface area contributed by atoms with Gasteiger partial charge in [0, 0.05) is 6.07 Å². The molecule has 0 saturated heterocycles. The molecule has 0 radical (unpaired) electrons. The molecule has 4 heteroatoms. The lowest BCUT2D eigenvalue weighted by molar-refractivity contribution is -0.385. The van der Waals surface area contributed by atoms with Crippen molar-refractivity contribution in [1.29, 1.82) is 0 Å². The van der Waals surface area contributed by atoms with Crippen molar-refractivity contribution in [1.82, 2.24) is 0 Å². The maximum absolute atomic E-state index is 10.8. The molecule has 0 bridgehead atoms. The van der Waals surface area contributed by atoms with E-state index in [4.69, 9.17) is 4.74 Å². The average Bonchev–Trinajstić information content (AvgIpc) is 3.09. The highest BCUT2D eigenvalue weighted by Gasteiger charge is 2.24. The maximum atomic E-state index is 10.8. The summed E-state index contributed by atoms with van der Waals surface area (Å²) in [6.45, 7) is 4.20. The van der Waals surface area contributed by atoms with E-state index in [9.17, 15) is 10.1 Å². The number of nitrogens with zero attached hydrogens (tertiary/aromatic N) is 1. The minimum atomic E-state index is -0.422. The summed E-state index contributed by atoms with van der Waals surface area (Å²) in [4.78, 5) is 10.4. The zero-order chi connectivity index (χ0) is 11.5. The van der Waals surface area contributed by atoms with Crippen molar-refractivity contribution < 1.29 is 9.66 Å². The van der Waals surface area contributed by atoms with Gasteiger partial charge in [-0.05, 0) is 36.5 Å². The van der Waals surface area contributed by atoms with Crippen LogP contribution in [-0.4, -0.2) is 11.5 Å². The molecular formula is C12H13NO3. The Kier molecular flexibility index (Phi) is 2.90. The predicted molar refractivity (Wildman–Crippen MR) is 61.4 cm³/mol. The van der Waals surface area contributed by atoms with Crippen LogP contribution in [0.5, 0.6) is 5.75 Å². The van der Waals surface area contributed by atoms with Gasteiger partial charge in [0.15, 0.2) is 5.75 Å². The van der Waals surface area contributed by atoms with Crippen LogP contribution in [0.3, 0.4) is 0 Å². The van der Waals surface area contributed by atoms with E-state index < -0.39 is 4.92 Å². The summed E-state index contributed by atoms with van der Waals surface area (Å²) in [7, 11) is 0. The Bertz CT molecular complexity index is 424. The summed E-state index contributed by atoms with van der Waals surface area (Å²) in [6, 6.07) is 4.78. The molecule has 1 saturated carbocycles. The first-order chi connectivity index (χ1) is 7.70. The Morgan fingerprint density at radius 2 is 2.31 bits per heavy atom. The smallest absolute Gasteiger partial charge is 0.310 e. The lowest BCUT2D eigenvalue weighted by Gasteiger charge is -2.06. The maximum Gasteiger partial charge on any atom is 0.310 e. The van der Waals surface area contributed by atoms with Crippen molar-refractivity contribution in [3.05, 3.63) is 40.5 Å². The quantitative estimate of drug-likeness (QED) is 0.565. The van der Waals surface area contributed by atoms with Crippen LogP contribution in [0.4, 0.5) is 5.69 Å². The van der Waals surface area contributed by atoms with Gasteiger partial charge in [0.25, 0.3) is 0 Å². The topological polar surface area (TPSA) is 52.4 Å². The van der Waals surface area contributed by atoms with Gasteiger partial charge in [-0.2, -0.15) is 0 Å². The Labute approximate surface area is 93.7 Å². The number of nitro groups is 1. The fourth-order valence-corrected chi connectivity index (χ4v) is 1.42. The molecule has 16 heavy (non-hydrogen) atoms. The molecule has 0 unspecified atom stereocenters. The number of benzene rings is 1. The third-order valence-corrected chi connectivity index (χ3v) is 2.59. The van der Waals surface area contributed by atoms with Gasteiger partial charge in [0.2, 0.25) is 0 Å². The fourth-order valence-electron chi connectivity index (χ4n) is 1.42. The van der Waals surface area contributed by atoms with E-state index in [0.717, 1.165) is 18.4 Å². The van der Waals surface area contributed by atoms with Crippen molar-refractivity contribution in [2.75, 3.05) is 6.61 Å². The summed E-state index contributed by atoms with van der Waals surface area (Å²) in [6.07, 6.45) is 3.97. The van der Waals surface area contributed by atoms with E-state index in [-0.39, 0.29) is 5.69 Å². The minimum absolute atomic E-state index is 0.0197. The monoisotopic (exact) mass is 219 g/mol. The van der Waals surface area contributed by atoms with E-state index in [1.165, 1.54) is 6.07 Å². The van der Waals surface area contributed by atoms with Crippen molar-refractivity contribution in [3.63, 3.8) is 0 Å². The van der Waals surface area contributed by atoms with Crippen LogP contribution < -0.4 is 4.74 Å². The third-order valence-electron chi connectivity index (χ3n) is 2.59. The lowest BCUT2D eigenvalue weighted by Crippen LogP contribution is -2.02. The summed E-state index contributed by atoms with van der Waals surface area (Å²) in [5, 5.41) is 10.8. The molecular weight excluding hydrogens is 206 g/mol. The second-order valence-corrected chi connectivity index (χ2v) is 3.94. The minimum Gasteiger partial charge on any atom is -0.487 e. The van der Waals surface area contributed by atoms with Crippen LogP contribution in [0, 0.1) is 16.0 Å². The third kappa shape index (κ3) is 2.39. The van der Waals surface area contributed by atoms with Gasteiger partial charge in [-0.15, -0.1) is 0 Å². The molecule has 0 aliphatic heterocycles. The normalized spacial score (nSPS) is 14.5. The first-order valence-electron chi connectivity index (χ1n) is 5.24. The number of nitro benzene ring substituents is 1. The Morgan fingerprint density at radius 1 is 1.56 bits per heavy atom. The Morgan fingerprint density at radius 3 is 2.88 bits per heavy atom. The number of hydrogen-bond acceptors (Lipinski definition) is 3. The molecule has 1 aliphatic rings. The molecule has 1 aliphatic carbocycles. The van der Waals surface area contributed by atoms with Gasteiger partial charge < -0.3 is 4.74 Å². The summed E-state index contributed by atoms with van der Waals surface area (Å²) in [5.41, 5.74) is 0.850. The summed E-state index contributed by atoms with van der Waals surface area (Å²) < 4.78 is 5.48. The van der Waals surface area contributed by atoms with Gasteiger partial charge in [-0.3, -0.25) is 10.1 Å². The highest BCUT2D eigenvalue weighted by Crippen LogP contribution is 2.33. The zero-order valence-electron chi connectivity index (χ0n) is 8.89. The molecule has 4 nitrogen and oxygen atoms in total. The van der Waals surface area contributed by atoms with E-state index >= 15 is 0 Å². The molecule has 0 spiro atoms. The van der Waals surface area contributed by atoms with Crippen molar-refractivity contribution >= 4 is 11.8 Å². The Hall–Kier alpha value is -1.84. The SMILES string of the molecule is C=Cc1ccc([N+](=O)[O-])c(OCC2CC2)c1. The van der Waals surface area contributed by atoms with Crippen LogP contribution in [0.1, 0.15) is 18.4 Å². The lowest BCUT2D eigenvalue weighted by atomic mass is 10.2. The van der Waals surface area contributed by atoms with E-state index in [0.29, 0.717) is 18.3 Å². The van der Waals surface area contributed by atoms with E-state index in [1.54, 1.807) is 18.2 Å². The summed E-state index contributed by atoms with van der Waals surface area (Å²) in [5.74, 6) is 0.918. The molecule has 1 aromatic carbocycles. The Balaban J connectivity index is 2.21. The highest BCUT2D eigenvalue weighted by molar-refractivity contribution is 5.57. The highest BCUT2D eigenvalue weighted by atomic mass is 16.6. The van der Waals surface area contributed by atoms with Crippen LogP contribution in [0.2, 0.25) is 0 Å². The fraction of sp³-hybridized carbons (Fsp3) is 0.333. The predicted octanol–water partition coefficient (Wildman–Crippen LogP) is 3.03. The second-order valence-electron chi connectivity index (χ2n) is 3.94. The average molecular weight is 219 g/mol. The van der Waals surface area contributed by atoms with E-state index in [2.05, 4.69) is 6.58 Å². The van der Waals surface area contributed by atoms with Gasteiger partial charge in [0.1, 0.15) is 0 Å². The number of ether oxygens (including phenoxy) is 1. The molecule has 0 aromatic heterocycles. The standard InChI is InChI=1S/C12H13NO3/c1-2-9-5-6-11(13(14)15)12(7-9)16-8-10-3-4-10/h2,5-7,10H,1,3-4,8H2. The molecule has 0 atom stereocenters. The molecule has 0 heterocycles. The first kappa shape index (κ1) is 10.7. The summed E-state index contributed by atoms with van der Waals surface area (Å²) >= 11 is 0. The largest absolute Gasteiger partial charge is 0.487 e. The molecule has 0 amide bonds. The van der Waals surface area contributed by atoms with Crippen molar-refractivity contribution in [2.45, 2.75) is 12.8 Å². The molecule has 0 N–H and O–H groups in total. The van der Waals surface area contributed by atoms with Gasteiger partial charge in [0.05, 0.1) is 11.5 Å². The van der Waals surface area contributed by atoms with Gasteiger partial charge in [-0.1, -0.05) is 12.7 Å². The van der Waals surface area contributed by atoms with E-state index in [1.807, 2.05) is 0 Å². The molecule has 1 fully saturated rings. The second kappa shape index (κ2) is 4.35. The van der Waals surface area contributed by atoms with Crippen molar-refractivity contribution in [3.8, 4) is 5.75 Å².